The second kappa shape index (κ2) is 10.5. The predicted octanol–water partition coefficient (Wildman–Crippen LogP) is 4.25. The first-order valence-corrected chi connectivity index (χ1v) is 12.4. The molecule has 31 heavy (non-hydrogen) atoms. The Morgan fingerprint density at radius 2 is 1.87 bits per heavy atom. The van der Waals surface area contributed by atoms with Gasteiger partial charge >= 0.3 is 6.18 Å². The maximum Gasteiger partial charge on any atom is 0.417 e. The van der Waals surface area contributed by atoms with E-state index in [2.05, 4.69) is 15.4 Å². The van der Waals surface area contributed by atoms with Gasteiger partial charge < -0.3 is 5.32 Å². The molecule has 1 unspecified atom stereocenters. The van der Waals surface area contributed by atoms with Crippen LogP contribution in [0, 0.1) is 11.5 Å². The van der Waals surface area contributed by atoms with Gasteiger partial charge in [-0.15, -0.1) is 11.8 Å². The molecule has 2 aromatic rings. The summed E-state index contributed by atoms with van der Waals surface area (Å²) in [6.45, 7) is 0.181. The van der Waals surface area contributed by atoms with Crippen LogP contribution in [0.15, 0.2) is 36.4 Å². The number of alkyl halides is 3. The first-order chi connectivity index (χ1) is 14.4. The molecule has 3 N–H and O–H groups in total. The summed E-state index contributed by atoms with van der Waals surface area (Å²) in [5.74, 6) is 0. The smallest absolute Gasteiger partial charge is 0.356 e. The fourth-order valence-electron chi connectivity index (χ4n) is 2.79. The molecular formula is C19H20ClF3N4O2S2. The fraction of sp³-hybridized carbons (Fsp3) is 0.316. The summed E-state index contributed by atoms with van der Waals surface area (Å²) < 4.78 is 66.0. The lowest BCUT2D eigenvalue weighted by Gasteiger charge is -2.20. The summed E-state index contributed by atoms with van der Waals surface area (Å²) in [5, 5.41) is 13.9. The Morgan fingerprint density at radius 3 is 2.39 bits per heavy atom. The van der Waals surface area contributed by atoms with E-state index in [-0.39, 0.29) is 28.4 Å². The Kier molecular flexibility index (Phi) is 8.48. The van der Waals surface area contributed by atoms with E-state index in [9.17, 15) is 21.6 Å². The van der Waals surface area contributed by atoms with Crippen LogP contribution in [0.25, 0.3) is 11.1 Å². The van der Waals surface area contributed by atoms with Crippen LogP contribution in [0.1, 0.15) is 11.1 Å². The molecular weight excluding hydrogens is 473 g/mol. The SMILES string of the molecule is CSC(NC#N)Nc1cc(Cl)c(-c2ccc(CCNS(C)(=O)=O)cc2)c(C(F)(F)F)c1. The number of anilines is 1. The molecule has 0 aliphatic rings. The van der Waals surface area contributed by atoms with Crippen LogP contribution in [0.5, 0.6) is 0 Å². The second-order valence-corrected chi connectivity index (χ2v) is 9.69. The monoisotopic (exact) mass is 492 g/mol. The molecule has 2 rings (SSSR count). The number of rotatable bonds is 9. The summed E-state index contributed by atoms with van der Waals surface area (Å²) in [6, 6.07) is 8.61. The predicted molar refractivity (Wildman–Crippen MR) is 118 cm³/mol. The molecule has 0 bridgehead atoms. The van der Waals surface area contributed by atoms with Crippen molar-refractivity contribution >= 4 is 39.1 Å². The lowest BCUT2D eigenvalue weighted by molar-refractivity contribution is -0.137. The molecule has 12 heteroatoms. The molecule has 0 heterocycles. The van der Waals surface area contributed by atoms with Gasteiger partial charge in [-0.3, -0.25) is 5.32 Å². The second-order valence-electron chi connectivity index (χ2n) is 6.51. The fourth-order valence-corrected chi connectivity index (χ4v) is 4.02. The quantitative estimate of drug-likeness (QED) is 0.275. The van der Waals surface area contributed by atoms with Crippen molar-refractivity contribution in [2.75, 3.05) is 24.4 Å². The number of nitrogens with one attached hydrogen (secondary N) is 3. The van der Waals surface area contributed by atoms with Crippen molar-refractivity contribution in [1.29, 1.82) is 5.26 Å². The Bertz CT molecular complexity index is 1060. The molecule has 0 spiro atoms. The maximum atomic E-state index is 13.8. The molecule has 0 fully saturated rings. The number of nitriles is 1. The Morgan fingerprint density at radius 1 is 1.23 bits per heavy atom. The highest BCUT2D eigenvalue weighted by Crippen LogP contribution is 2.43. The van der Waals surface area contributed by atoms with Gasteiger partial charge in [-0.05, 0) is 35.9 Å². The third kappa shape index (κ3) is 7.50. The first-order valence-electron chi connectivity index (χ1n) is 8.83. The van der Waals surface area contributed by atoms with Crippen LogP contribution >= 0.6 is 23.4 Å². The normalized spacial score (nSPS) is 12.8. The molecule has 0 amide bonds. The van der Waals surface area contributed by atoms with Crippen LogP contribution in [0.3, 0.4) is 0 Å². The Balaban J connectivity index is 2.36. The van der Waals surface area contributed by atoms with Gasteiger partial charge in [-0.2, -0.15) is 18.4 Å². The Labute approximate surface area is 188 Å². The molecule has 168 valence electrons. The number of hydrogen-bond acceptors (Lipinski definition) is 6. The average Bonchev–Trinajstić information content (AvgIpc) is 2.66. The van der Waals surface area contributed by atoms with Crippen molar-refractivity contribution < 1.29 is 21.6 Å². The van der Waals surface area contributed by atoms with Crippen molar-refractivity contribution in [3.63, 3.8) is 0 Å². The van der Waals surface area contributed by atoms with E-state index < -0.39 is 27.3 Å². The summed E-state index contributed by atoms with van der Waals surface area (Å²) in [5.41, 5.74) is -0.534. The molecule has 0 aromatic heterocycles. The number of halogens is 4. The molecule has 0 aliphatic carbocycles. The number of thioether (sulfide) groups is 1. The first kappa shape index (κ1) is 25.1. The van der Waals surface area contributed by atoms with Gasteiger partial charge in [0.1, 0.15) is 0 Å². The molecule has 0 aliphatic heterocycles. The van der Waals surface area contributed by atoms with E-state index in [1.807, 2.05) is 0 Å². The van der Waals surface area contributed by atoms with Gasteiger partial charge in [-0.1, -0.05) is 35.9 Å². The Hall–Kier alpha value is -2.13. The van der Waals surface area contributed by atoms with Gasteiger partial charge in [0, 0.05) is 17.8 Å². The zero-order valence-electron chi connectivity index (χ0n) is 16.5. The van der Waals surface area contributed by atoms with Crippen molar-refractivity contribution in [2.45, 2.75) is 18.1 Å². The lowest BCUT2D eigenvalue weighted by Crippen LogP contribution is -2.29. The van der Waals surface area contributed by atoms with Crippen LogP contribution in [0.2, 0.25) is 5.02 Å². The standard InChI is InChI=1S/C19H20ClF3N4O2S2/c1-30-18(25-11-24)27-14-9-15(19(21,22)23)17(16(20)10-14)13-5-3-12(4-6-13)7-8-26-31(2,28)29/h3-6,9-10,18,25-27H,7-8H2,1-2H3. The highest BCUT2D eigenvalue weighted by atomic mass is 35.5. The minimum Gasteiger partial charge on any atom is -0.356 e. The molecule has 6 nitrogen and oxygen atoms in total. The summed E-state index contributed by atoms with van der Waals surface area (Å²) in [4.78, 5) is 0. The number of benzene rings is 2. The van der Waals surface area contributed by atoms with Crippen LogP contribution in [-0.4, -0.2) is 33.0 Å². The van der Waals surface area contributed by atoms with Crippen molar-refractivity contribution in [3.8, 4) is 17.3 Å². The lowest BCUT2D eigenvalue weighted by atomic mass is 9.97. The van der Waals surface area contributed by atoms with E-state index in [4.69, 9.17) is 16.9 Å². The molecule has 2 aromatic carbocycles. The van der Waals surface area contributed by atoms with E-state index in [0.29, 0.717) is 6.42 Å². The largest absolute Gasteiger partial charge is 0.417 e. The van der Waals surface area contributed by atoms with Crippen LogP contribution < -0.4 is 15.4 Å². The highest BCUT2D eigenvalue weighted by molar-refractivity contribution is 7.99. The summed E-state index contributed by atoms with van der Waals surface area (Å²) in [7, 11) is -3.31. The summed E-state index contributed by atoms with van der Waals surface area (Å²) in [6.07, 6.45) is 0.203. The number of hydrogen-bond donors (Lipinski definition) is 3. The molecule has 0 saturated carbocycles. The van der Waals surface area contributed by atoms with Crippen molar-refractivity contribution in [3.05, 3.63) is 52.5 Å². The van der Waals surface area contributed by atoms with Crippen LogP contribution in [0.4, 0.5) is 18.9 Å². The van der Waals surface area contributed by atoms with E-state index in [0.717, 1.165) is 17.9 Å². The molecule has 0 saturated heterocycles. The van der Waals surface area contributed by atoms with Crippen molar-refractivity contribution in [1.82, 2.24) is 10.0 Å². The van der Waals surface area contributed by atoms with Gasteiger partial charge in [0.25, 0.3) is 0 Å². The highest BCUT2D eigenvalue weighted by Gasteiger charge is 2.35. The average molecular weight is 493 g/mol. The molecule has 1 atom stereocenters. The van der Waals surface area contributed by atoms with E-state index in [1.165, 1.54) is 30.0 Å². The third-order valence-electron chi connectivity index (χ3n) is 4.15. The zero-order valence-corrected chi connectivity index (χ0v) is 18.9. The van der Waals surface area contributed by atoms with Gasteiger partial charge in [0.05, 0.1) is 16.8 Å². The topological polar surface area (TPSA) is 94.0 Å². The van der Waals surface area contributed by atoms with Gasteiger partial charge in [-0.25, -0.2) is 13.1 Å². The van der Waals surface area contributed by atoms with Crippen LogP contribution in [-0.2, 0) is 22.6 Å². The minimum atomic E-state index is -4.66. The molecule has 0 radical (unpaired) electrons. The van der Waals surface area contributed by atoms with Gasteiger partial charge in [0.2, 0.25) is 10.0 Å². The summed E-state index contributed by atoms with van der Waals surface area (Å²) >= 11 is 7.45. The third-order valence-corrected chi connectivity index (χ3v) is 5.88. The van der Waals surface area contributed by atoms with E-state index >= 15 is 0 Å². The zero-order chi connectivity index (χ0) is 23.2. The number of sulfonamides is 1. The number of nitrogens with zero attached hydrogens (tertiary/aromatic N) is 1. The van der Waals surface area contributed by atoms with Crippen molar-refractivity contribution in [2.24, 2.45) is 0 Å². The van der Waals surface area contributed by atoms with Gasteiger partial charge in [0.15, 0.2) is 11.7 Å². The minimum absolute atomic E-state index is 0.0966. The maximum absolute atomic E-state index is 13.8. The van der Waals surface area contributed by atoms with E-state index in [1.54, 1.807) is 24.6 Å².